The molecule has 0 bridgehead atoms. The van der Waals surface area contributed by atoms with Crippen LogP contribution in [0.5, 0.6) is 11.5 Å². The van der Waals surface area contributed by atoms with Crippen LogP contribution in [0, 0.1) is 0 Å². The molecular weight excluding hydrogens is 276 g/mol. The van der Waals surface area contributed by atoms with Crippen LogP contribution in [0.4, 0.5) is 5.69 Å². The lowest BCUT2D eigenvalue weighted by atomic mass is 10.0. The molecule has 1 saturated heterocycles. The first-order valence-corrected chi connectivity index (χ1v) is 7.72. The molecule has 1 aromatic carbocycles. The Morgan fingerprint density at radius 2 is 1.85 bits per heavy atom. The van der Waals surface area contributed by atoms with Gasteiger partial charge in [-0.2, -0.15) is 0 Å². The predicted octanol–water partition coefficient (Wildman–Crippen LogP) is 3.01. The number of rotatable bonds is 3. The molecule has 0 atom stereocenters. The topological polar surface area (TPSA) is 33.7 Å². The van der Waals surface area contributed by atoms with Crippen LogP contribution in [0.25, 0.3) is 0 Å². The third-order valence-corrected chi connectivity index (χ3v) is 4.34. The van der Waals surface area contributed by atoms with Gasteiger partial charge in [-0.3, -0.25) is 0 Å². The molecular formula is C15H21ClN2O2. The lowest BCUT2D eigenvalue weighted by Crippen LogP contribution is -2.38. The van der Waals surface area contributed by atoms with Gasteiger partial charge in [0.2, 0.25) is 0 Å². The van der Waals surface area contributed by atoms with Crippen molar-refractivity contribution in [2.24, 2.45) is 0 Å². The Kier molecular flexibility index (Phi) is 4.22. The second-order valence-electron chi connectivity index (χ2n) is 5.33. The third kappa shape index (κ3) is 2.96. The van der Waals surface area contributed by atoms with E-state index in [-0.39, 0.29) is 0 Å². The van der Waals surface area contributed by atoms with E-state index in [2.05, 4.69) is 17.1 Å². The summed E-state index contributed by atoms with van der Waals surface area (Å²) in [4.78, 5) is 2.48. The van der Waals surface area contributed by atoms with Gasteiger partial charge in [-0.05, 0) is 19.4 Å². The maximum absolute atomic E-state index is 6.33. The third-order valence-electron chi connectivity index (χ3n) is 4.03. The van der Waals surface area contributed by atoms with Crippen molar-refractivity contribution < 1.29 is 9.47 Å². The standard InChI is InChI=1S/C15H21ClN2O2/c1-2-18-5-3-11(4-6-18)17-13-10-15-14(9-12(13)16)19-7-8-20-15/h9-11,17H,2-8H2,1H3. The van der Waals surface area contributed by atoms with Gasteiger partial charge in [-0.25, -0.2) is 0 Å². The summed E-state index contributed by atoms with van der Waals surface area (Å²) in [7, 11) is 0. The number of halogens is 1. The summed E-state index contributed by atoms with van der Waals surface area (Å²) in [5.74, 6) is 1.53. The summed E-state index contributed by atoms with van der Waals surface area (Å²) in [6.45, 7) is 6.84. The fraction of sp³-hybridized carbons (Fsp3) is 0.600. The van der Waals surface area contributed by atoms with Crippen molar-refractivity contribution in [3.05, 3.63) is 17.2 Å². The number of hydrogen-bond acceptors (Lipinski definition) is 4. The molecule has 0 unspecified atom stereocenters. The van der Waals surface area contributed by atoms with Gasteiger partial charge in [0.05, 0.1) is 10.7 Å². The summed E-state index contributed by atoms with van der Waals surface area (Å²) in [6, 6.07) is 4.29. The van der Waals surface area contributed by atoms with E-state index in [1.165, 1.54) is 0 Å². The van der Waals surface area contributed by atoms with Crippen LogP contribution in [0.3, 0.4) is 0 Å². The first kappa shape index (κ1) is 13.8. The molecule has 5 heteroatoms. The Balaban J connectivity index is 1.68. The Morgan fingerprint density at radius 3 is 2.50 bits per heavy atom. The summed E-state index contributed by atoms with van der Waals surface area (Å²) in [6.07, 6.45) is 2.30. The summed E-state index contributed by atoms with van der Waals surface area (Å²) >= 11 is 6.33. The molecule has 0 saturated carbocycles. The molecule has 1 N–H and O–H groups in total. The molecule has 0 aliphatic carbocycles. The Morgan fingerprint density at radius 1 is 1.20 bits per heavy atom. The molecule has 20 heavy (non-hydrogen) atoms. The minimum Gasteiger partial charge on any atom is -0.486 e. The number of hydrogen-bond donors (Lipinski definition) is 1. The van der Waals surface area contributed by atoms with E-state index in [9.17, 15) is 0 Å². The summed E-state index contributed by atoms with van der Waals surface area (Å²) in [5.41, 5.74) is 0.950. The first-order valence-electron chi connectivity index (χ1n) is 7.34. The van der Waals surface area contributed by atoms with Crippen molar-refractivity contribution in [1.29, 1.82) is 0 Å². The van der Waals surface area contributed by atoms with Gasteiger partial charge in [-0.15, -0.1) is 0 Å². The highest BCUT2D eigenvalue weighted by atomic mass is 35.5. The van der Waals surface area contributed by atoms with E-state index in [1.807, 2.05) is 12.1 Å². The van der Waals surface area contributed by atoms with Crippen LogP contribution in [-0.4, -0.2) is 43.8 Å². The monoisotopic (exact) mass is 296 g/mol. The van der Waals surface area contributed by atoms with E-state index < -0.39 is 0 Å². The van der Waals surface area contributed by atoms with E-state index in [0.717, 1.165) is 49.7 Å². The molecule has 2 aliphatic rings. The van der Waals surface area contributed by atoms with Crippen LogP contribution in [0.15, 0.2) is 12.1 Å². The molecule has 110 valence electrons. The normalized spacial score (nSPS) is 19.9. The maximum Gasteiger partial charge on any atom is 0.163 e. The number of likely N-dealkylation sites (tertiary alicyclic amines) is 1. The van der Waals surface area contributed by atoms with E-state index in [4.69, 9.17) is 21.1 Å². The van der Waals surface area contributed by atoms with Gasteiger partial charge in [0.1, 0.15) is 13.2 Å². The zero-order valence-electron chi connectivity index (χ0n) is 11.8. The van der Waals surface area contributed by atoms with E-state index >= 15 is 0 Å². The van der Waals surface area contributed by atoms with E-state index in [0.29, 0.717) is 24.3 Å². The highest BCUT2D eigenvalue weighted by Gasteiger charge is 2.20. The lowest BCUT2D eigenvalue weighted by molar-refractivity contribution is 0.171. The molecule has 1 fully saturated rings. The Labute approximate surface area is 125 Å². The second kappa shape index (κ2) is 6.10. The van der Waals surface area contributed by atoms with Gasteiger partial charge in [-0.1, -0.05) is 18.5 Å². The van der Waals surface area contributed by atoms with Crippen LogP contribution < -0.4 is 14.8 Å². The zero-order valence-corrected chi connectivity index (χ0v) is 12.6. The molecule has 0 spiro atoms. The molecule has 2 heterocycles. The predicted molar refractivity (Wildman–Crippen MR) is 81.2 cm³/mol. The molecule has 0 amide bonds. The number of ether oxygens (including phenoxy) is 2. The molecule has 4 nitrogen and oxygen atoms in total. The van der Waals surface area contributed by atoms with Crippen LogP contribution in [0.2, 0.25) is 5.02 Å². The van der Waals surface area contributed by atoms with Gasteiger partial charge in [0, 0.05) is 31.3 Å². The van der Waals surface area contributed by atoms with Crippen molar-refractivity contribution in [2.75, 3.05) is 38.2 Å². The zero-order chi connectivity index (χ0) is 13.9. The highest BCUT2D eigenvalue weighted by Crippen LogP contribution is 2.38. The fourth-order valence-corrected chi connectivity index (χ4v) is 3.00. The Bertz CT molecular complexity index is 473. The number of nitrogens with one attached hydrogen (secondary N) is 1. The first-order chi connectivity index (χ1) is 9.76. The minimum atomic E-state index is 0.484. The van der Waals surface area contributed by atoms with Crippen molar-refractivity contribution in [3.63, 3.8) is 0 Å². The van der Waals surface area contributed by atoms with Gasteiger partial charge in [0.25, 0.3) is 0 Å². The second-order valence-corrected chi connectivity index (χ2v) is 5.74. The maximum atomic E-state index is 6.33. The Hall–Kier alpha value is -1.13. The lowest BCUT2D eigenvalue weighted by Gasteiger charge is -2.32. The summed E-state index contributed by atoms with van der Waals surface area (Å²) in [5, 5.41) is 4.25. The average Bonchev–Trinajstić information content (AvgIpc) is 2.49. The minimum absolute atomic E-state index is 0.484. The van der Waals surface area contributed by atoms with Crippen LogP contribution in [-0.2, 0) is 0 Å². The van der Waals surface area contributed by atoms with Crippen molar-refractivity contribution in [2.45, 2.75) is 25.8 Å². The quantitative estimate of drug-likeness (QED) is 0.930. The fourth-order valence-electron chi connectivity index (χ4n) is 2.79. The summed E-state index contributed by atoms with van der Waals surface area (Å²) < 4.78 is 11.1. The van der Waals surface area contributed by atoms with Gasteiger partial charge in [0.15, 0.2) is 11.5 Å². The van der Waals surface area contributed by atoms with Crippen LogP contribution in [0.1, 0.15) is 19.8 Å². The van der Waals surface area contributed by atoms with Crippen molar-refractivity contribution in [1.82, 2.24) is 4.90 Å². The molecule has 2 aliphatic heterocycles. The van der Waals surface area contributed by atoms with Gasteiger partial charge < -0.3 is 19.7 Å². The number of anilines is 1. The number of nitrogens with zero attached hydrogens (tertiary/aromatic N) is 1. The highest BCUT2D eigenvalue weighted by molar-refractivity contribution is 6.33. The van der Waals surface area contributed by atoms with Gasteiger partial charge >= 0.3 is 0 Å². The number of fused-ring (bicyclic) bond motifs is 1. The van der Waals surface area contributed by atoms with E-state index in [1.54, 1.807) is 0 Å². The molecule has 0 aromatic heterocycles. The average molecular weight is 297 g/mol. The number of piperidine rings is 1. The van der Waals surface area contributed by atoms with Crippen LogP contribution >= 0.6 is 11.6 Å². The van der Waals surface area contributed by atoms with Crippen molar-refractivity contribution in [3.8, 4) is 11.5 Å². The largest absolute Gasteiger partial charge is 0.486 e. The van der Waals surface area contributed by atoms with Crippen molar-refractivity contribution >= 4 is 17.3 Å². The SMILES string of the molecule is CCN1CCC(Nc2cc3c(cc2Cl)OCCO3)CC1. The molecule has 3 rings (SSSR count). The molecule has 0 radical (unpaired) electrons. The number of benzene rings is 1. The smallest absolute Gasteiger partial charge is 0.163 e. The molecule has 1 aromatic rings.